The molecule has 0 radical (unpaired) electrons. The van der Waals surface area contributed by atoms with Crippen molar-refractivity contribution in [2.45, 2.75) is 50.4 Å². The van der Waals surface area contributed by atoms with E-state index >= 15 is 0 Å². The average molecular weight is 470 g/mol. The van der Waals surface area contributed by atoms with Gasteiger partial charge in [0.15, 0.2) is 11.0 Å². The number of nitrogens with zero attached hydrogens (tertiary/aromatic N) is 4. The van der Waals surface area contributed by atoms with Crippen LogP contribution in [-0.2, 0) is 28.4 Å². The second kappa shape index (κ2) is 9.99. The zero-order valence-electron chi connectivity index (χ0n) is 17.9. The van der Waals surface area contributed by atoms with Gasteiger partial charge in [0.25, 0.3) is 0 Å². The van der Waals surface area contributed by atoms with Crippen molar-refractivity contribution >= 4 is 33.4 Å². The van der Waals surface area contributed by atoms with E-state index in [0.717, 1.165) is 29.8 Å². The number of amides is 1. The number of anilines is 1. The van der Waals surface area contributed by atoms with Gasteiger partial charge in [-0.2, -0.15) is 0 Å². The molecule has 1 amide bonds. The molecule has 0 aliphatic heterocycles. The van der Waals surface area contributed by atoms with Gasteiger partial charge in [-0.15, -0.1) is 10.2 Å². The van der Waals surface area contributed by atoms with E-state index in [1.807, 2.05) is 0 Å². The summed E-state index contributed by atoms with van der Waals surface area (Å²) in [6.45, 7) is 2.11. The highest BCUT2D eigenvalue weighted by Crippen LogP contribution is 2.25. The first-order valence-electron chi connectivity index (χ1n) is 10.2. The minimum Gasteiger partial charge on any atom is -0.352 e. The first-order valence-corrected chi connectivity index (χ1v) is 13.0. The van der Waals surface area contributed by atoms with Gasteiger partial charge in [-0.1, -0.05) is 31.5 Å². The molecule has 1 aliphatic rings. The van der Waals surface area contributed by atoms with E-state index in [-0.39, 0.29) is 24.2 Å². The van der Waals surface area contributed by atoms with E-state index < -0.39 is 15.8 Å². The van der Waals surface area contributed by atoms with E-state index in [1.165, 1.54) is 42.4 Å². The Kier molecular flexibility index (Phi) is 7.58. The number of hydrogen-bond acceptors (Lipinski definition) is 6. The van der Waals surface area contributed by atoms with Gasteiger partial charge in [-0.25, -0.2) is 12.8 Å². The van der Waals surface area contributed by atoms with Crippen molar-refractivity contribution in [2.24, 2.45) is 13.0 Å². The van der Waals surface area contributed by atoms with Crippen LogP contribution >= 0.6 is 11.8 Å². The van der Waals surface area contributed by atoms with Crippen LogP contribution in [0.2, 0.25) is 0 Å². The lowest BCUT2D eigenvalue weighted by atomic mass is 9.86. The van der Waals surface area contributed by atoms with E-state index in [0.29, 0.717) is 22.6 Å². The Morgan fingerprint density at radius 3 is 2.58 bits per heavy atom. The van der Waals surface area contributed by atoms with Gasteiger partial charge in [0.2, 0.25) is 15.9 Å². The van der Waals surface area contributed by atoms with Crippen LogP contribution < -0.4 is 9.62 Å². The van der Waals surface area contributed by atoms with Crippen LogP contribution in [0.1, 0.15) is 38.4 Å². The summed E-state index contributed by atoms with van der Waals surface area (Å²) in [5, 5.41) is 11.8. The van der Waals surface area contributed by atoms with Crippen molar-refractivity contribution in [3.05, 3.63) is 35.9 Å². The Morgan fingerprint density at radius 1 is 1.26 bits per heavy atom. The second-order valence-electron chi connectivity index (χ2n) is 7.93. The minimum atomic E-state index is -3.63. The highest BCUT2D eigenvalue weighted by atomic mass is 32.2. The van der Waals surface area contributed by atoms with E-state index in [4.69, 9.17) is 0 Å². The fraction of sp³-hybridized carbons (Fsp3) is 0.550. The van der Waals surface area contributed by atoms with Gasteiger partial charge in [-0.05, 0) is 43.0 Å². The number of benzene rings is 1. The molecule has 2 aromatic rings. The SMILES string of the molecule is C[C@H]1CCCC[C@H]1NC(=O)CSc1nnc(CN(c2ccc(F)cc2)S(C)(=O)=O)n1C. The average Bonchev–Trinajstić information content (AvgIpc) is 3.06. The summed E-state index contributed by atoms with van der Waals surface area (Å²) in [5.74, 6) is 0.618. The molecule has 1 aliphatic carbocycles. The van der Waals surface area contributed by atoms with E-state index in [1.54, 1.807) is 11.6 Å². The zero-order valence-corrected chi connectivity index (χ0v) is 19.5. The van der Waals surface area contributed by atoms with Crippen LogP contribution in [-0.4, -0.2) is 47.1 Å². The third-order valence-corrected chi connectivity index (χ3v) is 7.68. The number of sulfonamides is 1. The molecule has 1 aromatic carbocycles. The topological polar surface area (TPSA) is 97.2 Å². The monoisotopic (exact) mass is 469 g/mol. The Labute approximate surface area is 186 Å². The Balaban J connectivity index is 1.64. The van der Waals surface area contributed by atoms with Gasteiger partial charge in [0, 0.05) is 13.1 Å². The van der Waals surface area contributed by atoms with E-state index in [2.05, 4.69) is 22.4 Å². The van der Waals surface area contributed by atoms with Crippen molar-refractivity contribution < 1.29 is 17.6 Å². The van der Waals surface area contributed by atoms with Crippen molar-refractivity contribution in [2.75, 3.05) is 16.3 Å². The Bertz CT molecular complexity index is 1010. The highest BCUT2D eigenvalue weighted by molar-refractivity contribution is 7.99. The maximum absolute atomic E-state index is 13.2. The number of halogens is 1. The summed E-state index contributed by atoms with van der Waals surface area (Å²) < 4.78 is 40.6. The third-order valence-electron chi connectivity index (χ3n) is 5.52. The molecule has 3 rings (SSSR count). The maximum Gasteiger partial charge on any atom is 0.232 e. The molecule has 0 bridgehead atoms. The summed E-state index contributed by atoms with van der Waals surface area (Å²) in [6.07, 6.45) is 5.58. The van der Waals surface area contributed by atoms with Gasteiger partial charge in [0.05, 0.1) is 24.2 Å². The second-order valence-corrected chi connectivity index (χ2v) is 10.8. The molecule has 11 heteroatoms. The van der Waals surface area contributed by atoms with Crippen molar-refractivity contribution in [1.82, 2.24) is 20.1 Å². The molecule has 0 unspecified atom stereocenters. The lowest BCUT2D eigenvalue weighted by Gasteiger charge is -2.29. The van der Waals surface area contributed by atoms with E-state index in [9.17, 15) is 17.6 Å². The summed E-state index contributed by atoms with van der Waals surface area (Å²) >= 11 is 1.26. The first-order chi connectivity index (χ1) is 14.6. The molecule has 1 N–H and O–H groups in total. The normalized spacial score (nSPS) is 19.2. The summed E-state index contributed by atoms with van der Waals surface area (Å²) in [4.78, 5) is 12.4. The van der Waals surface area contributed by atoms with Crippen molar-refractivity contribution in [3.8, 4) is 0 Å². The first kappa shape index (κ1) is 23.5. The molecule has 0 saturated heterocycles. The largest absolute Gasteiger partial charge is 0.352 e. The summed E-state index contributed by atoms with van der Waals surface area (Å²) in [5.41, 5.74) is 0.335. The molecule has 1 saturated carbocycles. The lowest BCUT2D eigenvalue weighted by molar-refractivity contribution is -0.119. The van der Waals surface area contributed by atoms with Crippen LogP contribution in [0.5, 0.6) is 0 Å². The fourth-order valence-electron chi connectivity index (χ4n) is 3.65. The van der Waals surface area contributed by atoms with Crippen LogP contribution in [0.15, 0.2) is 29.4 Å². The van der Waals surface area contributed by atoms with Crippen molar-refractivity contribution in [1.29, 1.82) is 0 Å². The van der Waals surface area contributed by atoms with Crippen molar-refractivity contribution in [3.63, 3.8) is 0 Å². The van der Waals surface area contributed by atoms with Crippen LogP contribution in [0.4, 0.5) is 10.1 Å². The Hall–Kier alpha value is -2.14. The number of rotatable bonds is 8. The molecular weight excluding hydrogens is 441 g/mol. The number of nitrogens with one attached hydrogen (secondary N) is 1. The number of thioether (sulfide) groups is 1. The van der Waals surface area contributed by atoms with Gasteiger partial charge in [0.1, 0.15) is 5.82 Å². The molecule has 31 heavy (non-hydrogen) atoms. The standard InChI is InChI=1S/C20H28FN5O3S2/c1-14-6-4-5-7-17(14)22-19(27)13-30-20-24-23-18(25(20)2)12-26(31(3,28)29)16-10-8-15(21)9-11-16/h8-11,14,17H,4-7,12-13H2,1-3H3,(H,22,27)/t14-,17+/m0/s1. The molecule has 0 spiro atoms. The predicted molar refractivity (Wildman–Crippen MR) is 119 cm³/mol. The molecule has 2 atom stereocenters. The molecule has 8 nitrogen and oxygen atoms in total. The molecule has 1 fully saturated rings. The number of carbonyl (C=O) groups excluding carboxylic acids is 1. The lowest BCUT2D eigenvalue weighted by Crippen LogP contribution is -2.41. The number of carbonyl (C=O) groups is 1. The number of hydrogen-bond donors (Lipinski definition) is 1. The third kappa shape index (κ3) is 6.19. The van der Waals surface area contributed by atoms with Crippen LogP contribution in [0.3, 0.4) is 0 Å². The fourth-order valence-corrected chi connectivity index (χ4v) is 5.25. The summed E-state index contributed by atoms with van der Waals surface area (Å²) in [6, 6.07) is 5.43. The quantitative estimate of drug-likeness (QED) is 0.597. The van der Waals surface area contributed by atoms with Crippen LogP contribution in [0, 0.1) is 11.7 Å². The number of aromatic nitrogens is 3. The molecular formula is C20H28FN5O3S2. The summed E-state index contributed by atoms with van der Waals surface area (Å²) in [7, 11) is -1.90. The van der Waals surface area contributed by atoms with Gasteiger partial charge < -0.3 is 9.88 Å². The van der Waals surface area contributed by atoms with Gasteiger partial charge >= 0.3 is 0 Å². The van der Waals surface area contributed by atoms with Crippen LogP contribution in [0.25, 0.3) is 0 Å². The smallest absolute Gasteiger partial charge is 0.232 e. The molecule has 170 valence electrons. The maximum atomic E-state index is 13.2. The molecule has 1 heterocycles. The molecule has 1 aromatic heterocycles. The minimum absolute atomic E-state index is 0.0441. The van der Waals surface area contributed by atoms with Gasteiger partial charge in [-0.3, -0.25) is 9.10 Å². The predicted octanol–water partition coefficient (Wildman–Crippen LogP) is 2.71. The Morgan fingerprint density at radius 2 is 1.94 bits per heavy atom. The zero-order chi connectivity index (χ0) is 22.6. The highest BCUT2D eigenvalue weighted by Gasteiger charge is 2.24.